The molecule has 0 aliphatic rings. The first kappa shape index (κ1) is 22.5. The van der Waals surface area contributed by atoms with Crippen LogP contribution in [0.5, 0.6) is 0 Å². The number of carbonyl (C=O) groups excluding carboxylic acids is 1. The Morgan fingerprint density at radius 1 is 0.968 bits per heavy atom. The average molecular weight is 441 g/mol. The van der Waals surface area contributed by atoms with Gasteiger partial charge in [-0.2, -0.15) is 0 Å². The summed E-state index contributed by atoms with van der Waals surface area (Å²) in [6.45, 7) is 2.30. The molecule has 0 atom stereocenters. The van der Waals surface area contributed by atoms with E-state index in [0.717, 1.165) is 15.4 Å². The third-order valence-corrected chi connectivity index (χ3v) is 6.79. The molecule has 0 spiro atoms. The molecular formula is C24H25FN2O3S. The highest BCUT2D eigenvalue weighted by atomic mass is 32.2. The standard InChI is InChI=1S/C24H25FN2O3S/c1-18-9-15-21(16-10-18)31(29,30)27(2)23-8-4-3-7-22(23)24(28)26-17-5-6-19-11-13-20(25)14-12-19/h3-4,7-16H,5-6,17H2,1-2H3,(H,26,28). The lowest BCUT2D eigenvalue weighted by Gasteiger charge is -2.22. The quantitative estimate of drug-likeness (QED) is 0.531. The molecule has 31 heavy (non-hydrogen) atoms. The monoisotopic (exact) mass is 440 g/mol. The van der Waals surface area contributed by atoms with Crippen LogP contribution in [0.3, 0.4) is 0 Å². The predicted octanol–water partition coefficient (Wildman–Crippen LogP) is 4.32. The largest absolute Gasteiger partial charge is 0.352 e. The zero-order chi connectivity index (χ0) is 22.4. The van der Waals surface area contributed by atoms with Crippen molar-refractivity contribution in [2.24, 2.45) is 0 Å². The van der Waals surface area contributed by atoms with Gasteiger partial charge in [0.05, 0.1) is 16.1 Å². The Labute approximate surface area is 182 Å². The number of para-hydroxylation sites is 1. The summed E-state index contributed by atoms with van der Waals surface area (Å²) in [5.41, 5.74) is 2.53. The Morgan fingerprint density at radius 3 is 2.29 bits per heavy atom. The molecule has 0 aromatic heterocycles. The predicted molar refractivity (Wildman–Crippen MR) is 120 cm³/mol. The van der Waals surface area contributed by atoms with Crippen molar-refractivity contribution < 1.29 is 17.6 Å². The highest BCUT2D eigenvalue weighted by Gasteiger charge is 2.24. The van der Waals surface area contributed by atoms with Crippen molar-refractivity contribution in [3.63, 3.8) is 0 Å². The minimum Gasteiger partial charge on any atom is -0.352 e. The van der Waals surface area contributed by atoms with Crippen molar-refractivity contribution in [1.82, 2.24) is 5.32 Å². The van der Waals surface area contributed by atoms with Gasteiger partial charge in [0.15, 0.2) is 0 Å². The fourth-order valence-electron chi connectivity index (χ4n) is 3.18. The van der Waals surface area contributed by atoms with Crippen LogP contribution in [-0.4, -0.2) is 27.9 Å². The van der Waals surface area contributed by atoms with E-state index in [0.29, 0.717) is 25.1 Å². The van der Waals surface area contributed by atoms with Gasteiger partial charge in [0.2, 0.25) is 0 Å². The summed E-state index contributed by atoms with van der Waals surface area (Å²) in [5, 5.41) is 2.84. The van der Waals surface area contributed by atoms with Crippen LogP contribution in [0.25, 0.3) is 0 Å². The number of hydrogen-bond acceptors (Lipinski definition) is 3. The molecule has 0 fully saturated rings. The lowest BCUT2D eigenvalue weighted by atomic mass is 10.1. The van der Waals surface area contributed by atoms with Crippen molar-refractivity contribution >= 4 is 21.6 Å². The van der Waals surface area contributed by atoms with Crippen LogP contribution in [0.4, 0.5) is 10.1 Å². The first-order chi connectivity index (χ1) is 14.8. The maximum atomic E-state index is 13.0. The van der Waals surface area contributed by atoms with E-state index in [2.05, 4.69) is 5.32 Å². The molecule has 3 rings (SSSR count). The zero-order valence-electron chi connectivity index (χ0n) is 17.5. The topological polar surface area (TPSA) is 66.5 Å². The zero-order valence-corrected chi connectivity index (χ0v) is 18.3. The summed E-state index contributed by atoms with van der Waals surface area (Å²) < 4.78 is 40.2. The van der Waals surface area contributed by atoms with Crippen LogP contribution < -0.4 is 9.62 Å². The number of sulfonamides is 1. The SMILES string of the molecule is Cc1ccc(S(=O)(=O)N(C)c2ccccc2C(=O)NCCCc2ccc(F)cc2)cc1. The number of aryl methyl sites for hydroxylation is 2. The molecule has 0 unspecified atom stereocenters. The maximum Gasteiger partial charge on any atom is 0.264 e. The van der Waals surface area contributed by atoms with Gasteiger partial charge in [0.25, 0.3) is 15.9 Å². The second kappa shape index (κ2) is 9.75. The summed E-state index contributed by atoms with van der Waals surface area (Å²) in [6, 6.07) is 19.5. The number of carbonyl (C=O) groups is 1. The minimum atomic E-state index is -3.81. The number of rotatable bonds is 8. The highest BCUT2D eigenvalue weighted by Crippen LogP contribution is 2.26. The van der Waals surface area contributed by atoms with E-state index in [1.54, 1.807) is 60.7 Å². The lowest BCUT2D eigenvalue weighted by molar-refractivity contribution is 0.0954. The van der Waals surface area contributed by atoms with E-state index in [-0.39, 0.29) is 22.2 Å². The Hall–Kier alpha value is -3.19. The molecule has 162 valence electrons. The molecule has 0 heterocycles. The van der Waals surface area contributed by atoms with Crippen molar-refractivity contribution in [2.75, 3.05) is 17.9 Å². The maximum absolute atomic E-state index is 13.0. The molecular weight excluding hydrogens is 415 g/mol. The molecule has 0 saturated heterocycles. The van der Waals surface area contributed by atoms with E-state index in [9.17, 15) is 17.6 Å². The molecule has 0 saturated carbocycles. The smallest absolute Gasteiger partial charge is 0.264 e. The van der Waals surface area contributed by atoms with E-state index < -0.39 is 10.0 Å². The van der Waals surface area contributed by atoms with Crippen LogP contribution in [0.2, 0.25) is 0 Å². The molecule has 3 aromatic rings. The van der Waals surface area contributed by atoms with Crippen LogP contribution >= 0.6 is 0 Å². The molecule has 1 amide bonds. The summed E-state index contributed by atoms with van der Waals surface area (Å²) >= 11 is 0. The minimum absolute atomic E-state index is 0.162. The summed E-state index contributed by atoms with van der Waals surface area (Å²) in [5.74, 6) is -0.626. The van der Waals surface area contributed by atoms with Crippen LogP contribution in [-0.2, 0) is 16.4 Å². The Balaban J connectivity index is 1.69. The van der Waals surface area contributed by atoms with Gasteiger partial charge in [0, 0.05) is 13.6 Å². The Bertz CT molecular complexity index is 1140. The fourth-order valence-corrected chi connectivity index (χ4v) is 4.39. The number of nitrogens with one attached hydrogen (secondary N) is 1. The lowest BCUT2D eigenvalue weighted by Crippen LogP contribution is -2.31. The van der Waals surface area contributed by atoms with Gasteiger partial charge in [-0.15, -0.1) is 0 Å². The van der Waals surface area contributed by atoms with Crippen molar-refractivity contribution in [3.8, 4) is 0 Å². The molecule has 1 N–H and O–H groups in total. The Kier molecular flexibility index (Phi) is 7.07. The summed E-state index contributed by atoms with van der Waals surface area (Å²) in [7, 11) is -2.37. The molecule has 7 heteroatoms. The van der Waals surface area contributed by atoms with E-state index >= 15 is 0 Å². The average Bonchev–Trinajstić information content (AvgIpc) is 2.77. The van der Waals surface area contributed by atoms with E-state index in [4.69, 9.17) is 0 Å². The molecule has 0 aliphatic heterocycles. The van der Waals surface area contributed by atoms with Gasteiger partial charge in [0.1, 0.15) is 5.82 Å². The highest BCUT2D eigenvalue weighted by molar-refractivity contribution is 7.92. The molecule has 0 bridgehead atoms. The van der Waals surface area contributed by atoms with Gasteiger partial charge in [-0.1, -0.05) is 42.0 Å². The van der Waals surface area contributed by atoms with Crippen LogP contribution in [0, 0.1) is 12.7 Å². The first-order valence-electron chi connectivity index (χ1n) is 9.96. The number of benzene rings is 3. The van der Waals surface area contributed by atoms with Gasteiger partial charge in [-0.3, -0.25) is 9.10 Å². The number of halogens is 1. The van der Waals surface area contributed by atoms with Gasteiger partial charge < -0.3 is 5.32 Å². The molecule has 5 nitrogen and oxygen atoms in total. The van der Waals surface area contributed by atoms with Gasteiger partial charge in [-0.25, -0.2) is 12.8 Å². The van der Waals surface area contributed by atoms with Gasteiger partial charge >= 0.3 is 0 Å². The fraction of sp³-hybridized carbons (Fsp3) is 0.208. The number of anilines is 1. The molecule has 0 radical (unpaired) electrons. The number of nitrogens with zero attached hydrogens (tertiary/aromatic N) is 1. The second-order valence-electron chi connectivity index (χ2n) is 7.29. The van der Waals surface area contributed by atoms with Crippen LogP contribution in [0.15, 0.2) is 77.7 Å². The summed E-state index contributed by atoms with van der Waals surface area (Å²) in [4.78, 5) is 12.9. The molecule has 0 aliphatic carbocycles. The summed E-state index contributed by atoms with van der Waals surface area (Å²) in [6.07, 6.45) is 1.38. The third-order valence-electron chi connectivity index (χ3n) is 5.01. The second-order valence-corrected chi connectivity index (χ2v) is 9.26. The van der Waals surface area contributed by atoms with Crippen molar-refractivity contribution in [2.45, 2.75) is 24.7 Å². The van der Waals surface area contributed by atoms with Crippen LogP contribution in [0.1, 0.15) is 27.9 Å². The number of hydrogen-bond donors (Lipinski definition) is 1. The third kappa shape index (κ3) is 5.49. The van der Waals surface area contributed by atoms with E-state index in [1.807, 2.05) is 6.92 Å². The number of amides is 1. The van der Waals surface area contributed by atoms with Gasteiger partial charge in [-0.05, 0) is 61.7 Å². The normalized spacial score (nSPS) is 11.2. The first-order valence-corrected chi connectivity index (χ1v) is 11.4. The molecule has 3 aromatic carbocycles. The Morgan fingerprint density at radius 2 is 1.61 bits per heavy atom. The van der Waals surface area contributed by atoms with E-state index in [1.165, 1.54) is 19.2 Å². The van der Waals surface area contributed by atoms with Crippen molar-refractivity contribution in [3.05, 3.63) is 95.3 Å². The van der Waals surface area contributed by atoms with Crippen molar-refractivity contribution in [1.29, 1.82) is 0 Å².